The summed E-state index contributed by atoms with van der Waals surface area (Å²) in [6.07, 6.45) is 2.49. The molecular formula is C14H14N4O4. The highest BCUT2D eigenvalue weighted by atomic mass is 16.5. The lowest BCUT2D eigenvalue weighted by Crippen LogP contribution is -2.31. The Kier molecular flexibility index (Phi) is 3.82. The van der Waals surface area contributed by atoms with Gasteiger partial charge in [-0.2, -0.15) is 4.98 Å². The van der Waals surface area contributed by atoms with Crippen LogP contribution in [0.25, 0.3) is 11.4 Å². The maximum Gasteiger partial charge on any atom is 0.229 e. The van der Waals surface area contributed by atoms with Crippen LogP contribution in [-0.2, 0) is 16.0 Å². The maximum absolute atomic E-state index is 11.5. The lowest BCUT2D eigenvalue weighted by atomic mass is 10.3. The molecule has 1 fully saturated rings. The summed E-state index contributed by atoms with van der Waals surface area (Å²) in [5.74, 6) is 0.981. The van der Waals surface area contributed by atoms with Crippen molar-refractivity contribution < 1.29 is 18.8 Å². The zero-order valence-corrected chi connectivity index (χ0v) is 12.0. The van der Waals surface area contributed by atoms with Gasteiger partial charge in [-0.25, -0.2) is 4.98 Å². The lowest BCUT2D eigenvalue weighted by molar-refractivity contribution is -0.138. The Labute approximate surface area is 126 Å². The number of amides is 2. The third kappa shape index (κ3) is 2.80. The molecule has 0 atom stereocenters. The fourth-order valence-corrected chi connectivity index (χ4v) is 2.19. The zero-order chi connectivity index (χ0) is 15.5. The molecule has 22 heavy (non-hydrogen) atoms. The number of nitrogens with zero attached hydrogens (tertiary/aromatic N) is 4. The van der Waals surface area contributed by atoms with Crippen LogP contribution in [0.5, 0.6) is 5.88 Å². The van der Waals surface area contributed by atoms with Gasteiger partial charge in [-0.1, -0.05) is 5.16 Å². The third-order valence-electron chi connectivity index (χ3n) is 3.38. The second-order valence-corrected chi connectivity index (χ2v) is 4.79. The number of ether oxygens (including phenoxy) is 1. The molecule has 1 aliphatic heterocycles. The first-order valence-corrected chi connectivity index (χ1v) is 6.83. The molecule has 0 spiro atoms. The van der Waals surface area contributed by atoms with Crippen molar-refractivity contribution >= 4 is 11.8 Å². The number of hydrogen-bond acceptors (Lipinski definition) is 7. The molecule has 2 aromatic rings. The van der Waals surface area contributed by atoms with Gasteiger partial charge in [0.05, 0.1) is 7.11 Å². The topological polar surface area (TPSA) is 98.4 Å². The molecule has 114 valence electrons. The Morgan fingerprint density at radius 1 is 1.27 bits per heavy atom. The van der Waals surface area contributed by atoms with Crippen molar-refractivity contribution in [2.75, 3.05) is 13.7 Å². The van der Waals surface area contributed by atoms with Crippen LogP contribution in [0.4, 0.5) is 0 Å². The average Bonchev–Trinajstić information content (AvgIpc) is 3.13. The summed E-state index contributed by atoms with van der Waals surface area (Å²) in [6, 6.07) is 3.47. The summed E-state index contributed by atoms with van der Waals surface area (Å²) in [7, 11) is 1.54. The highest BCUT2D eigenvalue weighted by molar-refractivity contribution is 6.01. The van der Waals surface area contributed by atoms with Crippen LogP contribution < -0.4 is 4.74 Å². The quantitative estimate of drug-likeness (QED) is 0.754. The van der Waals surface area contributed by atoms with Crippen LogP contribution >= 0.6 is 0 Å². The summed E-state index contributed by atoms with van der Waals surface area (Å²) in [4.78, 5) is 32.6. The summed E-state index contributed by atoms with van der Waals surface area (Å²) in [5, 5.41) is 3.87. The molecule has 0 bridgehead atoms. The average molecular weight is 302 g/mol. The monoisotopic (exact) mass is 302 g/mol. The Morgan fingerprint density at radius 3 is 2.68 bits per heavy atom. The first-order chi connectivity index (χ1) is 10.7. The normalized spacial score (nSPS) is 14.7. The lowest BCUT2D eigenvalue weighted by Gasteiger charge is -2.11. The van der Waals surface area contributed by atoms with E-state index in [2.05, 4.69) is 15.1 Å². The molecule has 0 aromatic carbocycles. The molecule has 0 radical (unpaired) electrons. The maximum atomic E-state index is 11.5. The second-order valence-electron chi connectivity index (χ2n) is 4.79. The minimum absolute atomic E-state index is 0.149. The highest BCUT2D eigenvalue weighted by Crippen LogP contribution is 2.18. The standard InChI is InChI=1S/C14H14N4O4/c1-21-10-3-2-9(8-15-10)14-16-11(22-17-14)6-7-18-12(19)4-5-13(18)20/h2-3,8H,4-7H2,1H3. The van der Waals surface area contributed by atoms with Crippen molar-refractivity contribution in [3.63, 3.8) is 0 Å². The Balaban J connectivity index is 1.65. The summed E-state index contributed by atoms with van der Waals surface area (Å²) < 4.78 is 10.1. The molecule has 0 saturated carbocycles. The molecule has 0 unspecified atom stereocenters. The van der Waals surface area contributed by atoms with Crippen LogP contribution in [0.15, 0.2) is 22.9 Å². The number of methoxy groups -OCH3 is 1. The van der Waals surface area contributed by atoms with E-state index in [1.54, 1.807) is 18.3 Å². The Morgan fingerprint density at radius 2 is 2.05 bits per heavy atom. The molecule has 1 saturated heterocycles. The number of hydrogen-bond donors (Lipinski definition) is 0. The van der Waals surface area contributed by atoms with E-state index >= 15 is 0 Å². The SMILES string of the molecule is COc1ccc(-c2noc(CCN3C(=O)CCC3=O)n2)cn1. The number of carbonyl (C=O) groups is 2. The molecule has 3 heterocycles. The molecule has 3 rings (SSSR count). The summed E-state index contributed by atoms with van der Waals surface area (Å²) in [5.41, 5.74) is 0.698. The fourth-order valence-electron chi connectivity index (χ4n) is 2.19. The van der Waals surface area contributed by atoms with Gasteiger partial charge < -0.3 is 9.26 Å². The van der Waals surface area contributed by atoms with E-state index in [1.165, 1.54) is 12.0 Å². The van der Waals surface area contributed by atoms with Crippen molar-refractivity contribution in [3.8, 4) is 17.3 Å². The van der Waals surface area contributed by atoms with E-state index in [0.29, 0.717) is 29.6 Å². The van der Waals surface area contributed by atoms with Gasteiger partial charge in [0, 0.05) is 43.6 Å². The third-order valence-corrected chi connectivity index (χ3v) is 3.38. The minimum Gasteiger partial charge on any atom is -0.481 e. The Bertz CT molecular complexity index is 679. The number of pyridine rings is 1. The number of rotatable bonds is 5. The van der Waals surface area contributed by atoms with Crippen molar-refractivity contribution in [1.29, 1.82) is 0 Å². The molecule has 8 heteroatoms. The smallest absolute Gasteiger partial charge is 0.229 e. The number of imide groups is 1. The molecular weight excluding hydrogens is 288 g/mol. The van der Waals surface area contributed by atoms with Crippen LogP contribution in [-0.4, -0.2) is 45.5 Å². The van der Waals surface area contributed by atoms with Crippen LogP contribution in [0.1, 0.15) is 18.7 Å². The van der Waals surface area contributed by atoms with Gasteiger partial charge in [0.25, 0.3) is 0 Å². The van der Waals surface area contributed by atoms with Gasteiger partial charge in [0.2, 0.25) is 29.4 Å². The molecule has 8 nitrogen and oxygen atoms in total. The van der Waals surface area contributed by atoms with Gasteiger partial charge in [-0.15, -0.1) is 0 Å². The molecule has 0 N–H and O–H groups in total. The highest BCUT2D eigenvalue weighted by Gasteiger charge is 2.28. The zero-order valence-electron chi connectivity index (χ0n) is 12.0. The Hall–Kier alpha value is -2.77. The molecule has 0 aliphatic carbocycles. The van der Waals surface area contributed by atoms with Crippen LogP contribution in [0.3, 0.4) is 0 Å². The van der Waals surface area contributed by atoms with E-state index in [4.69, 9.17) is 9.26 Å². The van der Waals surface area contributed by atoms with Crippen molar-refractivity contribution in [3.05, 3.63) is 24.2 Å². The number of likely N-dealkylation sites (tertiary alicyclic amines) is 1. The van der Waals surface area contributed by atoms with E-state index in [0.717, 1.165) is 0 Å². The first-order valence-electron chi connectivity index (χ1n) is 6.83. The van der Waals surface area contributed by atoms with E-state index in [1.807, 2.05) is 0 Å². The number of aromatic nitrogens is 3. The van der Waals surface area contributed by atoms with Gasteiger partial charge in [0.1, 0.15) is 0 Å². The van der Waals surface area contributed by atoms with E-state index < -0.39 is 0 Å². The second kappa shape index (κ2) is 5.92. The summed E-state index contributed by atoms with van der Waals surface area (Å²) >= 11 is 0. The van der Waals surface area contributed by atoms with Crippen molar-refractivity contribution in [2.24, 2.45) is 0 Å². The predicted octanol–water partition coefficient (Wildman–Crippen LogP) is 0.832. The fraction of sp³-hybridized carbons (Fsp3) is 0.357. The van der Waals surface area contributed by atoms with Crippen molar-refractivity contribution in [1.82, 2.24) is 20.0 Å². The summed E-state index contributed by atoms with van der Waals surface area (Å²) in [6.45, 7) is 0.264. The van der Waals surface area contributed by atoms with Gasteiger partial charge in [-0.05, 0) is 6.07 Å². The first kappa shape index (κ1) is 14.2. The van der Waals surface area contributed by atoms with Gasteiger partial charge >= 0.3 is 0 Å². The van der Waals surface area contributed by atoms with Crippen LogP contribution in [0, 0.1) is 0 Å². The predicted molar refractivity (Wildman–Crippen MR) is 73.7 cm³/mol. The van der Waals surface area contributed by atoms with Crippen LogP contribution in [0.2, 0.25) is 0 Å². The van der Waals surface area contributed by atoms with Gasteiger partial charge in [0.15, 0.2) is 0 Å². The minimum atomic E-state index is -0.149. The van der Waals surface area contributed by atoms with E-state index in [9.17, 15) is 9.59 Å². The molecule has 2 amide bonds. The number of carbonyl (C=O) groups excluding carboxylic acids is 2. The van der Waals surface area contributed by atoms with E-state index in [-0.39, 0.29) is 31.2 Å². The molecule has 1 aliphatic rings. The van der Waals surface area contributed by atoms with Crippen molar-refractivity contribution in [2.45, 2.75) is 19.3 Å². The van der Waals surface area contributed by atoms with Gasteiger partial charge in [-0.3, -0.25) is 14.5 Å². The largest absolute Gasteiger partial charge is 0.481 e. The molecule has 2 aromatic heterocycles.